The number of para-hydroxylation sites is 1. The second kappa shape index (κ2) is 7.24. The molecule has 0 saturated carbocycles. The maximum Gasteiger partial charge on any atom is 0.323 e. The number of rotatable bonds is 4. The van der Waals surface area contributed by atoms with E-state index in [9.17, 15) is 9.18 Å². The molecule has 2 aromatic rings. The summed E-state index contributed by atoms with van der Waals surface area (Å²) in [5, 5.41) is 5.42. The summed E-state index contributed by atoms with van der Waals surface area (Å²) in [6.45, 7) is 2.03. The zero-order valence-corrected chi connectivity index (χ0v) is 11.8. The van der Waals surface area contributed by atoms with Gasteiger partial charge in [0.05, 0.1) is 0 Å². The Kier molecular flexibility index (Phi) is 5.10. The van der Waals surface area contributed by atoms with Crippen molar-refractivity contribution in [1.29, 1.82) is 0 Å². The van der Waals surface area contributed by atoms with Crippen molar-refractivity contribution < 1.29 is 9.18 Å². The minimum absolute atomic E-state index is 0.283. The van der Waals surface area contributed by atoms with Gasteiger partial charge in [-0.15, -0.1) is 0 Å². The molecule has 0 bridgehead atoms. The molecule has 108 valence electrons. The van der Waals surface area contributed by atoms with Crippen LogP contribution in [0.15, 0.2) is 54.7 Å². The summed E-state index contributed by atoms with van der Waals surface area (Å²) in [5.41, 5.74) is 2.69. The molecule has 0 saturated heterocycles. The molecule has 2 aromatic carbocycles. The number of nitrogens with one attached hydrogen (secondary N) is 2. The molecule has 2 rings (SSSR count). The minimum atomic E-state index is -0.311. The van der Waals surface area contributed by atoms with Crippen LogP contribution < -0.4 is 10.6 Å². The summed E-state index contributed by atoms with van der Waals surface area (Å²) < 4.78 is 12.7. The SMILES string of the molecule is CCc1ccccc1NC(=O)N/C=C/c1ccc(F)cc1. The van der Waals surface area contributed by atoms with Gasteiger partial charge in [-0.05, 0) is 41.8 Å². The van der Waals surface area contributed by atoms with E-state index in [-0.39, 0.29) is 11.8 Å². The van der Waals surface area contributed by atoms with Crippen molar-refractivity contribution in [1.82, 2.24) is 5.32 Å². The number of anilines is 1. The summed E-state index contributed by atoms with van der Waals surface area (Å²) in [5.74, 6) is -0.283. The van der Waals surface area contributed by atoms with Gasteiger partial charge in [0.1, 0.15) is 5.82 Å². The Balaban J connectivity index is 1.91. The molecule has 0 atom stereocenters. The van der Waals surface area contributed by atoms with E-state index < -0.39 is 0 Å². The van der Waals surface area contributed by atoms with Crippen molar-refractivity contribution >= 4 is 17.8 Å². The highest BCUT2D eigenvalue weighted by atomic mass is 19.1. The third kappa shape index (κ3) is 4.45. The minimum Gasteiger partial charge on any atom is -0.314 e. The molecule has 2 amide bonds. The van der Waals surface area contributed by atoms with E-state index in [1.165, 1.54) is 18.3 Å². The fraction of sp³-hybridized carbons (Fsp3) is 0.118. The van der Waals surface area contributed by atoms with E-state index in [4.69, 9.17) is 0 Å². The average molecular weight is 284 g/mol. The van der Waals surface area contributed by atoms with E-state index in [1.54, 1.807) is 18.2 Å². The number of aryl methyl sites for hydroxylation is 1. The van der Waals surface area contributed by atoms with E-state index >= 15 is 0 Å². The number of carbonyl (C=O) groups is 1. The standard InChI is InChI=1S/C17H17FN2O/c1-2-14-5-3-4-6-16(14)20-17(21)19-12-11-13-7-9-15(18)10-8-13/h3-12H,2H2,1H3,(H2,19,20,21)/b12-11+. The highest BCUT2D eigenvalue weighted by Crippen LogP contribution is 2.15. The zero-order chi connectivity index (χ0) is 15.1. The van der Waals surface area contributed by atoms with Crippen LogP contribution in [0.4, 0.5) is 14.9 Å². The molecular weight excluding hydrogens is 267 g/mol. The first kappa shape index (κ1) is 14.8. The molecule has 0 aliphatic rings. The number of carbonyl (C=O) groups excluding carboxylic acids is 1. The first-order valence-corrected chi connectivity index (χ1v) is 6.76. The molecule has 3 nitrogen and oxygen atoms in total. The molecule has 0 spiro atoms. The van der Waals surface area contributed by atoms with Crippen molar-refractivity contribution in [3.63, 3.8) is 0 Å². The lowest BCUT2D eigenvalue weighted by atomic mass is 10.1. The predicted molar refractivity (Wildman–Crippen MR) is 83.4 cm³/mol. The zero-order valence-electron chi connectivity index (χ0n) is 11.8. The van der Waals surface area contributed by atoms with Gasteiger partial charge in [-0.3, -0.25) is 0 Å². The smallest absolute Gasteiger partial charge is 0.314 e. The van der Waals surface area contributed by atoms with Crippen LogP contribution in [0.3, 0.4) is 0 Å². The summed E-state index contributed by atoms with van der Waals surface area (Å²) >= 11 is 0. The van der Waals surface area contributed by atoms with Gasteiger partial charge in [-0.1, -0.05) is 37.3 Å². The van der Waals surface area contributed by atoms with Crippen LogP contribution in [-0.2, 0) is 6.42 Å². The molecule has 0 heterocycles. The van der Waals surface area contributed by atoms with Gasteiger partial charge in [0.2, 0.25) is 0 Å². The van der Waals surface area contributed by atoms with Crippen LogP contribution in [-0.4, -0.2) is 6.03 Å². The van der Waals surface area contributed by atoms with Crippen LogP contribution in [0.2, 0.25) is 0 Å². The first-order chi connectivity index (χ1) is 10.2. The topological polar surface area (TPSA) is 41.1 Å². The van der Waals surface area contributed by atoms with Crippen molar-refractivity contribution in [3.8, 4) is 0 Å². The van der Waals surface area contributed by atoms with E-state index in [0.717, 1.165) is 23.2 Å². The van der Waals surface area contributed by atoms with Gasteiger partial charge < -0.3 is 10.6 Å². The van der Waals surface area contributed by atoms with Gasteiger partial charge in [0.25, 0.3) is 0 Å². The highest BCUT2D eigenvalue weighted by Gasteiger charge is 2.02. The normalized spacial score (nSPS) is 10.6. The van der Waals surface area contributed by atoms with Gasteiger partial charge in [0, 0.05) is 11.9 Å². The van der Waals surface area contributed by atoms with Crippen LogP contribution in [0.25, 0.3) is 6.08 Å². The van der Waals surface area contributed by atoms with Gasteiger partial charge in [-0.25, -0.2) is 9.18 Å². The van der Waals surface area contributed by atoms with Crippen molar-refractivity contribution in [2.24, 2.45) is 0 Å². The molecule has 0 unspecified atom stereocenters. The Morgan fingerprint density at radius 1 is 1.14 bits per heavy atom. The number of benzene rings is 2. The molecule has 0 radical (unpaired) electrons. The second-order valence-corrected chi connectivity index (χ2v) is 4.49. The highest BCUT2D eigenvalue weighted by molar-refractivity contribution is 5.91. The fourth-order valence-corrected chi connectivity index (χ4v) is 1.90. The largest absolute Gasteiger partial charge is 0.323 e. The van der Waals surface area contributed by atoms with Crippen molar-refractivity contribution in [3.05, 3.63) is 71.7 Å². The number of amides is 2. The van der Waals surface area contributed by atoms with Crippen LogP contribution in [0, 0.1) is 5.82 Å². The molecule has 0 aromatic heterocycles. The van der Waals surface area contributed by atoms with E-state index in [1.807, 2.05) is 31.2 Å². The average Bonchev–Trinajstić information content (AvgIpc) is 2.50. The number of hydrogen-bond donors (Lipinski definition) is 2. The molecule has 0 fully saturated rings. The number of halogens is 1. The molecule has 0 aliphatic heterocycles. The van der Waals surface area contributed by atoms with Gasteiger partial charge in [0.15, 0.2) is 0 Å². The Labute approximate surface area is 123 Å². The molecular formula is C17H17FN2O. The van der Waals surface area contributed by atoms with Gasteiger partial charge in [-0.2, -0.15) is 0 Å². The fourth-order valence-electron chi connectivity index (χ4n) is 1.90. The number of urea groups is 1. The van der Waals surface area contributed by atoms with Crippen LogP contribution in [0.5, 0.6) is 0 Å². The Bertz CT molecular complexity index is 635. The first-order valence-electron chi connectivity index (χ1n) is 6.76. The molecule has 0 aliphatic carbocycles. The maximum atomic E-state index is 12.7. The Morgan fingerprint density at radius 2 is 1.86 bits per heavy atom. The quantitative estimate of drug-likeness (QED) is 0.868. The summed E-state index contributed by atoms with van der Waals surface area (Å²) in [6.07, 6.45) is 4.07. The van der Waals surface area contributed by atoms with Gasteiger partial charge >= 0.3 is 6.03 Å². The lowest BCUT2D eigenvalue weighted by molar-refractivity contribution is 0.255. The third-order valence-electron chi connectivity index (χ3n) is 3.01. The van der Waals surface area contributed by atoms with Crippen molar-refractivity contribution in [2.45, 2.75) is 13.3 Å². The summed E-state index contributed by atoms with van der Waals surface area (Å²) in [4.78, 5) is 11.8. The maximum absolute atomic E-state index is 12.7. The summed E-state index contributed by atoms with van der Waals surface area (Å²) in [7, 11) is 0. The molecule has 4 heteroatoms. The molecule has 2 N–H and O–H groups in total. The lowest BCUT2D eigenvalue weighted by Gasteiger charge is -2.08. The van der Waals surface area contributed by atoms with Crippen molar-refractivity contribution in [2.75, 3.05) is 5.32 Å². The second-order valence-electron chi connectivity index (χ2n) is 4.49. The van der Waals surface area contributed by atoms with E-state index in [2.05, 4.69) is 10.6 Å². The Morgan fingerprint density at radius 3 is 2.57 bits per heavy atom. The Hall–Kier alpha value is -2.62. The number of hydrogen-bond acceptors (Lipinski definition) is 1. The predicted octanol–water partition coefficient (Wildman–Crippen LogP) is 4.18. The van der Waals surface area contributed by atoms with Crippen LogP contribution in [0.1, 0.15) is 18.1 Å². The summed E-state index contributed by atoms with van der Waals surface area (Å²) in [6, 6.07) is 13.4. The van der Waals surface area contributed by atoms with Crippen LogP contribution >= 0.6 is 0 Å². The lowest BCUT2D eigenvalue weighted by Crippen LogP contribution is -2.24. The molecule has 21 heavy (non-hydrogen) atoms. The third-order valence-corrected chi connectivity index (χ3v) is 3.01. The monoisotopic (exact) mass is 284 g/mol. The van der Waals surface area contributed by atoms with E-state index in [0.29, 0.717) is 0 Å².